The number of nitrogens with one attached hydrogen (secondary N) is 1. The third-order valence-electron chi connectivity index (χ3n) is 6.12. The Morgan fingerprint density at radius 2 is 1.70 bits per heavy atom. The Balaban J connectivity index is 1.68. The predicted molar refractivity (Wildman–Crippen MR) is 119 cm³/mol. The Hall–Kier alpha value is -3.05. The maximum absolute atomic E-state index is 13.6. The largest absolute Gasteiger partial charge is 0.325 e. The number of pyridine rings is 2. The van der Waals surface area contributed by atoms with Crippen LogP contribution in [-0.4, -0.2) is 27.6 Å². The lowest BCUT2D eigenvalue weighted by Gasteiger charge is -2.23. The van der Waals surface area contributed by atoms with Gasteiger partial charge in [0.05, 0.1) is 5.69 Å². The Morgan fingerprint density at radius 3 is 2.47 bits per heavy atom. The summed E-state index contributed by atoms with van der Waals surface area (Å²) in [7, 11) is 0. The highest BCUT2D eigenvalue weighted by Gasteiger charge is 2.22. The Morgan fingerprint density at radius 1 is 0.933 bits per heavy atom. The van der Waals surface area contributed by atoms with Gasteiger partial charge in [0.15, 0.2) is 0 Å². The van der Waals surface area contributed by atoms with Gasteiger partial charge in [0.1, 0.15) is 11.5 Å². The second-order valence-electron chi connectivity index (χ2n) is 7.97. The van der Waals surface area contributed by atoms with Crippen LogP contribution in [0.5, 0.6) is 0 Å². The minimum Gasteiger partial charge on any atom is -0.325 e. The van der Waals surface area contributed by atoms with E-state index < -0.39 is 0 Å². The molecule has 152 valence electrons. The van der Waals surface area contributed by atoms with Crippen LogP contribution in [0.4, 0.5) is 4.39 Å². The summed E-state index contributed by atoms with van der Waals surface area (Å²) in [6.07, 6.45) is 9.08. The molecule has 1 N–H and O–H groups in total. The van der Waals surface area contributed by atoms with Gasteiger partial charge in [0, 0.05) is 41.6 Å². The number of halogens is 1. The van der Waals surface area contributed by atoms with Crippen molar-refractivity contribution in [3.8, 4) is 22.4 Å². The molecular formula is C25H25FN4. The quantitative estimate of drug-likeness (QED) is 0.495. The zero-order valence-electron chi connectivity index (χ0n) is 16.9. The number of nitrogens with zero attached hydrogens (tertiary/aromatic N) is 3. The van der Waals surface area contributed by atoms with Crippen LogP contribution in [0.15, 0.2) is 67.1 Å². The van der Waals surface area contributed by atoms with Crippen molar-refractivity contribution in [2.45, 2.75) is 25.8 Å². The van der Waals surface area contributed by atoms with Gasteiger partial charge < -0.3 is 9.88 Å². The van der Waals surface area contributed by atoms with Crippen molar-refractivity contribution in [2.75, 3.05) is 13.1 Å². The summed E-state index contributed by atoms with van der Waals surface area (Å²) in [5, 5.41) is 4.55. The van der Waals surface area contributed by atoms with Crippen LogP contribution >= 0.6 is 0 Å². The molecule has 5 rings (SSSR count). The number of fused-ring (bicyclic) bond motifs is 1. The number of hydrogen-bond acceptors (Lipinski definition) is 3. The molecule has 30 heavy (non-hydrogen) atoms. The van der Waals surface area contributed by atoms with Crippen molar-refractivity contribution in [2.24, 2.45) is 5.92 Å². The first-order chi connectivity index (χ1) is 14.8. The average Bonchev–Trinajstić information content (AvgIpc) is 3.14. The molecule has 4 heterocycles. The van der Waals surface area contributed by atoms with Crippen LogP contribution in [0.2, 0.25) is 0 Å². The van der Waals surface area contributed by atoms with E-state index in [1.165, 1.54) is 25.0 Å². The maximum atomic E-state index is 13.6. The second-order valence-corrected chi connectivity index (χ2v) is 7.97. The smallest absolute Gasteiger partial charge is 0.140 e. The Kier molecular flexibility index (Phi) is 5.28. The molecular weight excluding hydrogens is 375 g/mol. The summed E-state index contributed by atoms with van der Waals surface area (Å²) < 4.78 is 16.0. The zero-order valence-corrected chi connectivity index (χ0v) is 16.9. The van der Waals surface area contributed by atoms with Gasteiger partial charge in [0.25, 0.3) is 0 Å². The minimum absolute atomic E-state index is 0.225. The van der Waals surface area contributed by atoms with Crippen LogP contribution in [0.25, 0.3) is 33.4 Å². The second kappa shape index (κ2) is 8.36. The molecule has 1 fully saturated rings. The van der Waals surface area contributed by atoms with E-state index >= 15 is 0 Å². The fourth-order valence-corrected chi connectivity index (χ4v) is 4.59. The maximum Gasteiger partial charge on any atom is 0.140 e. The van der Waals surface area contributed by atoms with E-state index in [1.54, 1.807) is 0 Å². The zero-order chi connectivity index (χ0) is 20.3. The molecule has 0 radical (unpaired) electrons. The lowest BCUT2D eigenvalue weighted by molar-refractivity contribution is 0.340. The highest BCUT2D eigenvalue weighted by Crippen LogP contribution is 2.40. The fraction of sp³-hybridized carbons (Fsp3) is 0.280. The van der Waals surface area contributed by atoms with Gasteiger partial charge in [-0.25, -0.2) is 9.37 Å². The first kappa shape index (κ1) is 18.9. The lowest BCUT2D eigenvalue weighted by atomic mass is 9.94. The van der Waals surface area contributed by atoms with Crippen LogP contribution in [0, 0.1) is 11.7 Å². The molecule has 0 aliphatic carbocycles. The van der Waals surface area contributed by atoms with E-state index in [0.717, 1.165) is 65.4 Å². The van der Waals surface area contributed by atoms with Gasteiger partial charge >= 0.3 is 0 Å². The van der Waals surface area contributed by atoms with Crippen molar-refractivity contribution < 1.29 is 4.39 Å². The van der Waals surface area contributed by atoms with Crippen molar-refractivity contribution >= 4 is 11.0 Å². The summed E-state index contributed by atoms with van der Waals surface area (Å²) >= 11 is 0. The molecule has 0 bridgehead atoms. The molecule has 1 aliphatic rings. The number of rotatable bonds is 5. The highest BCUT2D eigenvalue weighted by atomic mass is 19.1. The monoisotopic (exact) mass is 400 g/mol. The van der Waals surface area contributed by atoms with Gasteiger partial charge in [-0.3, -0.25) is 4.98 Å². The van der Waals surface area contributed by atoms with E-state index in [-0.39, 0.29) is 5.82 Å². The summed E-state index contributed by atoms with van der Waals surface area (Å²) in [6.45, 7) is 3.12. The van der Waals surface area contributed by atoms with Gasteiger partial charge in [-0.2, -0.15) is 0 Å². The van der Waals surface area contributed by atoms with Gasteiger partial charge in [-0.15, -0.1) is 0 Å². The van der Waals surface area contributed by atoms with Crippen molar-refractivity contribution in [3.05, 3.63) is 72.9 Å². The molecule has 1 aliphatic heterocycles. The SMILES string of the molecule is Fc1ccc(-c2c(-c3ccncc3)n(CCC3CCNCC3)c3ncccc23)cc1. The van der Waals surface area contributed by atoms with E-state index in [1.807, 2.05) is 48.9 Å². The van der Waals surface area contributed by atoms with Crippen LogP contribution in [0.3, 0.4) is 0 Å². The number of piperidine rings is 1. The van der Waals surface area contributed by atoms with E-state index in [2.05, 4.69) is 20.9 Å². The molecule has 0 saturated carbocycles. The first-order valence-electron chi connectivity index (χ1n) is 10.7. The molecule has 0 amide bonds. The van der Waals surface area contributed by atoms with Crippen molar-refractivity contribution in [1.29, 1.82) is 0 Å². The topological polar surface area (TPSA) is 42.7 Å². The summed E-state index contributed by atoms with van der Waals surface area (Å²) in [6, 6.07) is 15.0. The average molecular weight is 401 g/mol. The molecule has 1 saturated heterocycles. The highest BCUT2D eigenvalue weighted by molar-refractivity contribution is 6.03. The minimum atomic E-state index is -0.225. The Labute approximate surface area is 175 Å². The number of aromatic nitrogens is 3. The standard InChI is InChI=1S/C25H25FN4/c26-21-5-3-19(4-6-21)23-22-2-1-12-29-25(22)30(17-11-18-7-13-27-14-8-18)24(23)20-9-15-28-16-10-20/h1-6,9-10,12,15-16,18,27H,7-8,11,13-14,17H2. The molecule has 0 unspecified atom stereocenters. The number of hydrogen-bond donors (Lipinski definition) is 1. The summed E-state index contributed by atoms with van der Waals surface area (Å²) in [5.41, 5.74) is 5.33. The molecule has 4 nitrogen and oxygen atoms in total. The lowest BCUT2D eigenvalue weighted by Crippen LogP contribution is -2.28. The summed E-state index contributed by atoms with van der Waals surface area (Å²) in [5.74, 6) is 0.504. The fourth-order valence-electron chi connectivity index (χ4n) is 4.59. The van der Waals surface area contributed by atoms with Crippen LogP contribution in [0.1, 0.15) is 19.3 Å². The predicted octanol–water partition coefficient (Wildman–Crippen LogP) is 5.29. The molecule has 5 heteroatoms. The van der Waals surface area contributed by atoms with Gasteiger partial charge in [0.2, 0.25) is 0 Å². The number of aryl methyl sites for hydroxylation is 1. The molecule has 0 atom stereocenters. The molecule has 3 aromatic heterocycles. The van der Waals surface area contributed by atoms with Crippen LogP contribution < -0.4 is 5.32 Å². The molecule has 4 aromatic rings. The van der Waals surface area contributed by atoms with E-state index in [4.69, 9.17) is 4.98 Å². The van der Waals surface area contributed by atoms with Gasteiger partial charge in [-0.05, 0) is 80.2 Å². The molecule has 1 aromatic carbocycles. The normalized spacial score (nSPS) is 15.0. The summed E-state index contributed by atoms with van der Waals surface area (Å²) in [4.78, 5) is 8.96. The third-order valence-corrected chi connectivity index (χ3v) is 6.12. The van der Waals surface area contributed by atoms with E-state index in [9.17, 15) is 4.39 Å². The van der Waals surface area contributed by atoms with Crippen LogP contribution in [-0.2, 0) is 6.54 Å². The number of benzene rings is 1. The first-order valence-corrected chi connectivity index (χ1v) is 10.7. The van der Waals surface area contributed by atoms with Crippen molar-refractivity contribution in [3.63, 3.8) is 0 Å². The Bertz CT molecular complexity index is 1130. The third kappa shape index (κ3) is 3.61. The van der Waals surface area contributed by atoms with E-state index in [0.29, 0.717) is 0 Å². The van der Waals surface area contributed by atoms with Gasteiger partial charge in [-0.1, -0.05) is 12.1 Å². The van der Waals surface area contributed by atoms with Crippen molar-refractivity contribution in [1.82, 2.24) is 19.9 Å². The molecule has 0 spiro atoms.